The van der Waals surface area contributed by atoms with E-state index in [-0.39, 0.29) is 5.41 Å². The van der Waals surface area contributed by atoms with Crippen molar-refractivity contribution in [3.8, 4) is 0 Å². The van der Waals surface area contributed by atoms with Gasteiger partial charge in [-0.05, 0) is 32.6 Å². The Morgan fingerprint density at radius 1 is 1.08 bits per heavy atom. The van der Waals surface area contributed by atoms with Gasteiger partial charge in [-0.25, -0.2) is 0 Å². The predicted molar refractivity (Wildman–Crippen MR) is 123 cm³/mol. The molecule has 0 aromatic carbocycles. The number of hydrogen-bond donors (Lipinski definition) is 1. The lowest BCUT2D eigenvalue weighted by atomic mass is 9.74. The van der Waals surface area contributed by atoms with Crippen LogP contribution in [0.2, 0.25) is 0 Å². The molecule has 7 atom stereocenters. The number of halogens is 2. The second-order valence-corrected chi connectivity index (χ2v) is 13.0. The summed E-state index contributed by atoms with van der Waals surface area (Å²) in [6.45, 7) is 6.49. The molecule has 3 saturated heterocycles. The summed E-state index contributed by atoms with van der Waals surface area (Å²) in [5.74, 6) is -5.60. The highest BCUT2D eigenvalue weighted by Crippen LogP contribution is 2.53. The van der Waals surface area contributed by atoms with Crippen molar-refractivity contribution in [1.82, 2.24) is 0 Å². The van der Waals surface area contributed by atoms with Gasteiger partial charge in [0.1, 0.15) is 29.6 Å². The molecule has 4 fully saturated rings. The van der Waals surface area contributed by atoms with Crippen LogP contribution in [0.5, 0.6) is 0 Å². The van der Waals surface area contributed by atoms with E-state index < -0.39 is 100 Å². The third-order valence-corrected chi connectivity index (χ3v) is 9.20. The lowest BCUT2D eigenvalue weighted by Gasteiger charge is -2.42. The van der Waals surface area contributed by atoms with E-state index in [1.165, 1.54) is 0 Å². The Morgan fingerprint density at radius 2 is 1.67 bits per heavy atom. The molecule has 0 spiro atoms. The third-order valence-electron chi connectivity index (χ3n) is 8.18. The molecule has 15 heteroatoms. The number of hydrogen-bond acceptors (Lipinski definition) is 11. The second-order valence-electron chi connectivity index (χ2n) is 11.5. The molecular weight excluding hydrogens is 550 g/mol. The molecule has 12 nitrogen and oxygen atoms in total. The molecule has 0 amide bonds. The van der Waals surface area contributed by atoms with Crippen LogP contribution in [0.25, 0.3) is 0 Å². The van der Waals surface area contributed by atoms with E-state index in [1.54, 1.807) is 0 Å². The molecule has 4 aliphatic rings. The Balaban J connectivity index is 1.38. The minimum absolute atomic E-state index is 0.361. The van der Waals surface area contributed by atoms with Gasteiger partial charge in [0, 0.05) is 5.41 Å². The summed E-state index contributed by atoms with van der Waals surface area (Å²) >= 11 is 0. The molecule has 1 N–H and O–H groups in total. The zero-order valence-corrected chi connectivity index (χ0v) is 22.7. The average molecular weight is 583 g/mol. The fraction of sp³-hybridized carbons (Fsp3) is 0.833. The Morgan fingerprint density at radius 3 is 2.23 bits per heavy atom. The highest BCUT2D eigenvalue weighted by molar-refractivity contribution is 7.86. The highest BCUT2D eigenvalue weighted by Gasteiger charge is 2.72. The third kappa shape index (κ3) is 5.12. The maximum Gasteiger partial charge on any atom is 0.405 e. The number of carbonyl (C=O) groups excluding carboxylic acids is 4. The van der Waals surface area contributed by atoms with E-state index in [0.29, 0.717) is 19.8 Å². The van der Waals surface area contributed by atoms with E-state index in [9.17, 15) is 36.4 Å². The van der Waals surface area contributed by atoms with Crippen LogP contribution in [0.15, 0.2) is 0 Å². The maximum absolute atomic E-state index is 13.6. The summed E-state index contributed by atoms with van der Waals surface area (Å²) in [5.41, 5.74) is -1.08. The fourth-order valence-corrected chi connectivity index (χ4v) is 6.37. The first-order valence-corrected chi connectivity index (χ1v) is 14.2. The van der Waals surface area contributed by atoms with Gasteiger partial charge in [-0.3, -0.25) is 23.7 Å². The second kappa shape index (κ2) is 9.91. The zero-order valence-electron chi connectivity index (χ0n) is 21.9. The van der Waals surface area contributed by atoms with Gasteiger partial charge >= 0.3 is 39.2 Å². The van der Waals surface area contributed by atoms with Crippen LogP contribution < -0.4 is 0 Å². The van der Waals surface area contributed by atoms with Gasteiger partial charge in [-0.15, -0.1) is 0 Å². The van der Waals surface area contributed by atoms with Gasteiger partial charge in [0.15, 0.2) is 18.3 Å². The van der Waals surface area contributed by atoms with Crippen LogP contribution >= 0.6 is 0 Å². The summed E-state index contributed by atoms with van der Waals surface area (Å²) in [4.78, 5) is 50.4. The van der Waals surface area contributed by atoms with Crippen LogP contribution in [0.1, 0.15) is 66.2 Å². The molecule has 0 aromatic heterocycles. The van der Waals surface area contributed by atoms with Crippen LogP contribution in [-0.4, -0.2) is 78.2 Å². The summed E-state index contributed by atoms with van der Waals surface area (Å²) < 4.78 is 84.3. The lowest BCUT2D eigenvalue weighted by Crippen LogP contribution is -2.51. The maximum atomic E-state index is 13.6. The summed E-state index contributed by atoms with van der Waals surface area (Å²) in [5, 5.41) is -4.75. The van der Waals surface area contributed by atoms with E-state index in [4.69, 9.17) is 23.5 Å². The van der Waals surface area contributed by atoms with Crippen molar-refractivity contribution >= 4 is 34.0 Å². The van der Waals surface area contributed by atoms with Gasteiger partial charge in [0.05, 0.1) is 12.8 Å². The molecule has 220 valence electrons. The van der Waals surface area contributed by atoms with E-state index in [1.807, 2.05) is 20.8 Å². The molecule has 7 unspecified atom stereocenters. The standard InChI is InChI=1S/C24H32F2O12S/c1-11(24(25,26)39(31,32)33)34-12(27)7-8-13(28)35-18-17-15(14-16(36-17)19(18)37-20(14)29)21(30)38-23(22(2,3)4)9-5-6-10-23/h11,14-19H,5-10H2,1-4H3,(H,31,32,33). The van der Waals surface area contributed by atoms with Crippen molar-refractivity contribution < 1.29 is 64.6 Å². The first kappa shape index (κ1) is 29.6. The summed E-state index contributed by atoms with van der Waals surface area (Å²) in [7, 11) is -5.84. The van der Waals surface area contributed by atoms with Gasteiger partial charge in [-0.2, -0.15) is 17.2 Å². The molecule has 1 saturated carbocycles. The highest BCUT2D eigenvalue weighted by atomic mass is 32.2. The first-order valence-electron chi connectivity index (χ1n) is 12.7. The van der Waals surface area contributed by atoms with Crippen molar-refractivity contribution in [3.05, 3.63) is 0 Å². The van der Waals surface area contributed by atoms with Crippen molar-refractivity contribution in [2.75, 3.05) is 0 Å². The quantitative estimate of drug-likeness (QED) is 0.239. The first-order chi connectivity index (χ1) is 17.9. The van der Waals surface area contributed by atoms with E-state index in [2.05, 4.69) is 4.74 Å². The molecule has 2 bridgehead atoms. The normalized spacial score (nSPS) is 32.0. The SMILES string of the molecule is CC(OC(=O)CCC(=O)OC1C2OC(=O)C3C2OC1C3C(=O)OC1(C(C)(C)C)CCCC1)C(F)(F)S(=O)(=O)O. The molecule has 39 heavy (non-hydrogen) atoms. The molecule has 4 rings (SSSR count). The average Bonchev–Trinajstić information content (AvgIpc) is 3.55. The number of carbonyl (C=O) groups is 4. The molecule has 0 radical (unpaired) electrons. The van der Waals surface area contributed by atoms with Crippen molar-refractivity contribution in [2.45, 2.75) is 108 Å². The van der Waals surface area contributed by atoms with Gasteiger partial charge in [0.2, 0.25) is 0 Å². The molecule has 3 aliphatic heterocycles. The van der Waals surface area contributed by atoms with Gasteiger partial charge < -0.3 is 23.7 Å². The van der Waals surface area contributed by atoms with Crippen LogP contribution in [0, 0.1) is 17.3 Å². The minimum atomic E-state index is -5.84. The van der Waals surface area contributed by atoms with Crippen LogP contribution in [-0.2, 0) is 53.0 Å². The molecule has 1 aliphatic carbocycles. The molecule has 0 aromatic rings. The predicted octanol–water partition coefficient (Wildman–Crippen LogP) is 1.93. The van der Waals surface area contributed by atoms with Crippen LogP contribution in [0.4, 0.5) is 8.78 Å². The monoisotopic (exact) mass is 582 g/mol. The Labute approximate surface area is 223 Å². The molecular formula is C24H32F2O12S. The Bertz CT molecular complexity index is 1140. The smallest absolute Gasteiger partial charge is 0.405 e. The number of fused-ring (bicyclic) bond motifs is 1. The number of esters is 4. The van der Waals surface area contributed by atoms with E-state index in [0.717, 1.165) is 12.8 Å². The summed E-state index contributed by atoms with van der Waals surface area (Å²) in [6, 6.07) is 0. The number of alkyl halides is 2. The van der Waals surface area contributed by atoms with Crippen LogP contribution in [0.3, 0.4) is 0 Å². The topological polar surface area (TPSA) is 169 Å². The Kier molecular flexibility index (Phi) is 7.52. The minimum Gasteiger partial charge on any atom is -0.458 e. The lowest BCUT2D eigenvalue weighted by molar-refractivity contribution is -0.184. The van der Waals surface area contributed by atoms with Gasteiger partial charge in [0.25, 0.3) is 0 Å². The zero-order chi connectivity index (χ0) is 29.1. The fourth-order valence-electron chi connectivity index (χ4n) is 5.90. The Hall–Kier alpha value is -2.39. The molecule has 3 heterocycles. The van der Waals surface area contributed by atoms with Gasteiger partial charge in [-0.1, -0.05) is 20.8 Å². The van der Waals surface area contributed by atoms with Crippen molar-refractivity contribution in [3.63, 3.8) is 0 Å². The largest absolute Gasteiger partial charge is 0.458 e. The summed E-state index contributed by atoms with van der Waals surface area (Å²) in [6.07, 6.45) is -4.75. The number of rotatable bonds is 9. The number of ether oxygens (including phenoxy) is 5. The van der Waals surface area contributed by atoms with Crippen molar-refractivity contribution in [2.24, 2.45) is 17.3 Å². The van der Waals surface area contributed by atoms with Crippen molar-refractivity contribution in [1.29, 1.82) is 0 Å². The van der Waals surface area contributed by atoms with E-state index >= 15 is 0 Å².